The van der Waals surface area contributed by atoms with Crippen LogP contribution in [0.15, 0.2) is 23.1 Å². The van der Waals surface area contributed by atoms with Crippen LogP contribution in [0.2, 0.25) is 0 Å². The van der Waals surface area contributed by atoms with Gasteiger partial charge >= 0.3 is 0 Å². The van der Waals surface area contributed by atoms with Crippen LogP contribution < -0.4 is 10.4 Å². The summed E-state index contributed by atoms with van der Waals surface area (Å²) in [5.41, 5.74) is 0. The first-order chi connectivity index (χ1) is 4.18. The third kappa shape index (κ3) is 1.54. The van der Waals surface area contributed by atoms with Gasteiger partial charge in [0.05, 0.1) is 0 Å². The van der Waals surface area contributed by atoms with Crippen LogP contribution >= 0.6 is 0 Å². The molecule has 1 aromatic rings. The highest BCUT2D eigenvalue weighted by molar-refractivity contribution is 7.58. The van der Waals surface area contributed by atoms with Crippen LogP contribution in [0.25, 0.3) is 13.2 Å². The highest BCUT2D eigenvalue weighted by atomic mass is 32.1. The van der Waals surface area contributed by atoms with E-state index in [1.165, 1.54) is 0 Å². The first-order valence-corrected chi connectivity index (χ1v) is 3.05. The van der Waals surface area contributed by atoms with Crippen LogP contribution in [0.5, 0.6) is 0 Å². The molecule has 0 saturated heterocycles. The highest BCUT2D eigenvalue weighted by Crippen LogP contribution is 1.83. The summed E-state index contributed by atoms with van der Waals surface area (Å²) >= 11 is 4.91. The molecule has 9 heavy (non-hydrogen) atoms. The third-order valence-corrected chi connectivity index (χ3v) is 1.26. The minimum Gasteiger partial charge on any atom is -0.780 e. The lowest BCUT2D eigenvalue weighted by Crippen LogP contribution is -2.08. The molecule has 0 nitrogen and oxygen atoms in total. The second-order valence-electron chi connectivity index (χ2n) is 1.99. The van der Waals surface area contributed by atoms with Crippen LogP contribution in [-0.2, 0) is 12.6 Å². The van der Waals surface area contributed by atoms with Crippen molar-refractivity contribution in [3.05, 3.63) is 28.6 Å². The fourth-order valence-corrected chi connectivity index (χ4v) is 1.03. The molecule has 0 radical (unpaired) electrons. The summed E-state index contributed by atoms with van der Waals surface area (Å²) in [5, 5.41) is 1.88. The molecule has 0 aliphatic heterocycles. The summed E-state index contributed by atoms with van der Waals surface area (Å²) in [5.74, 6) is 0. The predicted molar refractivity (Wildman–Crippen MR) is 42.4 cm³/mol. The first-order valence-electron chi connectivity index (χ1n) is 2.64. The van der Waals surface area contributed by atoms with Gasteiger partial charge in [-0.3, -0.25) is 0 Å². The van der Waals surface area contributed by atoms with Gasteiger partial charge in [-0.2, -0.15) is 4.90 Å². The van der Waals surface area contributed by atoms with Crippen molar-refractivity contribution in [1.82, 2.24) is 0 Å². The molecule has 0 aromatic heterocycles. The van der Waals surface area contributed by atoms with Crippen molar-refractivity contribution >= 4 is 25.8 Å². The van der Waals surface area contributed by atoms with Gasteiger partial charge in [-0.1, -0.05) is 25.3 Å². The molecule has 0 fully saturated rings. The average Bonchev–Trinajstić information content (AvgIpc) is 1.59. The molecule has 1 rings (SSSR count). The minimum absolute atomic E-state index is 0.813. The summed E-state index contributed by atoms with van der Waals surface area (Å²) in [6, 6.07) is 5.60. The van der Waals surface area contributed by atoms with Gasteiger partial charge in [-0.05, 0) is 16.5 Å². The third-order valence-electron chi connectivity index (χ3n) is 1.03. The Labute approximate surface area is 59.9 Å². The first kappa shape index (κ1) is 6.30. The van der Waals surface area contributed by atoms with Crippen LogP contribution in [0.3, 0.4) is 0 Å². The molecular formula is C8H7S-. The Morgan fingerprint density at radius 2 is 2.22 bits per heavy atom. The van der Waals surface area contributed by atoms with Gasteiger partial charge in [0.15, 0.2) is 0 Å². The molecule has 0 bridgehead atoms. The smallest absolute Gasteiger partial charge is 0.0338 e. The van der Waals surface area contributed by atoms with Gasteiger partial charge in [0.2, 0.25) is 0 Å². The van der Waals surface area contributed by atoms with Crippen molar-refractivity contribution in [2.75, 3.05) is 0 Å². The standard InChI is InChI=1S/C8H8S/c1-6-3-7(2)5-8(9)4-6/h3-5,9H,1-2H2/p-1. The number of hydrogen-bond acceptors (Lipinski definition) is 1. The van der Waals surface area contributed by atoms with Crippen LogP contribution in [-0.4, -0.2) is 0 Å². The van der Waals surface area contributed by atoms with Gasteiger partial charge in [0.25, 0.3) is 0 Å². The quantitative estimate of drug-likeness (QED) is 0.367. The van der Waals surface area contributed by atoms with E-state index in [1.807, 2.05) is 18.2 Å². The van der Waals surface area contributed by atoms with E-state index in [2.05, 4.69) is 13.2 Å². The lowest BCUT2D eigenvalue weighted by Gasteiger charge is -2.01. The maximum atomic E-state index is 4.91. The molecule has 0 atom stereocenters. The summed E-state index contributed by atoms with van der Waals surface area (Å²) < 4.78 is 0. The Morgan fingerprint density at radius 3 is 2.67 bits per heavy atom. The zero-order valence-electron chi connectivity index (χ0n) is 5.05. The van der Waals surface area contributed by atoms with Crippen molar-refractivity contribution in [1.29, 1.82) is 0 Å². The fraction of sp³-hybridized carbons (Fsp3) is 0. The molecule has 1 aromatic carbocycles. The fourth-order valence-electron chi connectivity index (χ4n) is 0.729. The Morgan fingerprint density at radius 1 is 1.56 bits per heavy atom. The van der Waals surface area contributed by atoms with E-state index in [9.17, 15) is 0 Å². The number of hydrogen-bond donors (Lipinski definition) is 0. The van der Waals surface area contributed by atoms with Crippen LogP contribution in [0, 0.1) is 0 Å². The Balaban J connectivity index is 3.52. The number of benzene rings is 1. The van der Waals surface area contributed by atoms with Gasteiger partial charge in [-0.15, -0.1) is 0 Å². The molecule has 0 spiro atoms. The lowest BCUT2D eigenvalue weighted by molar-refractivity contribution is 1.40. The number of rotatable bonds is 0. The molecule has 0 amide bonds. The molecule has 0 unspecified atom stereocenters. The predicted octanol–water partition coefficient (Wildman–Crippen LogP) is 0.413. The van der Waals surface area contributed by atoms with E-state index in [-0.39, 0.29) is 0 Å². The Kier molecular flexibility index (Phi) is 1.54. The Bertz CT molecular complexity index is 273. The lowest BCUT2D eigenvalue weighted by atomic mass is 10.3. The largest absolute Gasteiger partial charge is 0.780 e. The molecule has 0 aliphatic rings. The van der Waals surface area contributed by atoms with Gasteiger partial charge < -0.3 is 12.6 Å². The van der Waals surface area contributed by atoms with Gasteiger partial charge in [0.1, 0.15) is 0 Å². The molecule has 46 valence electrons. The van der Waals surface area contributed by atoms with E-state index in [4.69, 9.17) is 12.6 Å². The summed E-state index contributed by atoms with van der Waals surface area (Å²) in [6.45, 7) is 7.47. The van der Waals surface area contributed by atoms with E-state index in [0.717, 1.165) is 15.3 Å². The summed E-state index contributed by atoms with van der Waals surface area (Å²) in [6.07, 6.45) is 0. The SMILES string of the molecule is C=c1cc([S-])[cH-]c(=C)[cH+]1. The van der Waals surface area contributed by atoms with Crippen molar-refractivity contribution in [3.8, 4) is 0 Å². The summed E-state index contributed by atoms with van der Waals surface area (Å²) in [4.78, 5) is 0.813. The minimum atomic E-state index is 0.813. The van der Waals surface area contributed by atoms with E-state index in [1.54, 1.807) is 0 Å². The highest BCUT2D eigenvalue weighted by Gasteiger charge is 1.73. The van der Waals surface area contributed by atoms with Gasteiger partial charge in [0, 0.05) is 0 Å². The molecule has 0 heterocycles. The molecule has 0 aliphatic carbocycles. The average molecular weight is 135 g/mol. The molecule has 1 heteroatoms. The van der Waals surface area contributed by atoms with E-state index in [0.29, 0.717) is 0 Å². The van der Waals surface area contributed by atoms with Crippen molar-refractivity contribution in [3.63, 3.8) is 0 Å². The second kappa shape index (κ2) is 2.19. The van der Waals surface area contributed by atoms with Crippen molar-refractivity contribution < 1.29 is 0 Å². The van der Waals surface area contributed by atoms with E-state index < -0.39 is 0 Å². The Hall–Kier alpha value is -0.820. The van der Waals surface area contributed by atoms with Crippen molar-refractivity contribution in [2.45, 2.75) is 4.90 Å². The van der Waals surface area contributed by atoms with Gasteiger partial charge in [-0.25, -0.2) is 0 Å². The molecule has 0 saturated carbocycles. The maximum Gasteiger partial charge on any atom is -0.0338 e. The zero-order valence-corrected chi connectivity index (χ0v) is 5.87. The van der Waals surface area contributed by atoms with Crippen molar-refractivity contribution in [2.24, 2.45) is 0 Å². The second-order valence-corrected chi connectivity index (χ2v) is 2.46. The molecular weight excluding hydrogens is 128 g/mol. The zero-order chi connectivity index (χ0) is 6.85. The van der Waals surface area contributed by atoms with E-state index >= 15 is 0 Å². The normalized spacial score (nSPS) is 9.33. The van der Waals surface area contributed by atoms with Crippen LogP contribution in [0.4, 0.5) is 0 Å². The topological polar surface area (TPSA) is 0 Å². The van der Waals surface area contributed by atoms with Crippen LogP contribution in [0.1, 0.15) is 0 Å². The monoisotopic (exact) mass is 135 g/mol. The molecule has 0 N–H and O–H groups in total. The maximum absolute atomic E-state index is 4.91. The summed E-state index contributed by atoms with van der Waals surface area (Å²) in [7, 11) is 0.